The molecule has 1 saturated carbocycles. The Morgan fingerprint density at radius 3 is 2.49 bits per heavy atom. The van der Waals surface area contributed by atoms with Crippen molar-refractivity contribution in [1.29, 1.82) is 0 Å². The van der Waals surface area contributed by atoms with Gasteiger partial charge in [0.05, 0.1) is 13.2 Å². The van der Waals surface area contributed by atoms with Gasteiger partial charge in [-0.05, 0) is 51.1 Å². The van der Waals surface area contributed by atoms with Crippen LogP contribution in [0.5, 0.6) is 0 Å². The highest BCUT2D eigenvalue weighted by Crippen LogP contribution is 2.35. The Morgan fingerprint density at radius 2 is 1.92 bits per heavy atom. The Bertz CT molecular complexity index is 978. The van der Waals surface area contributed by atoms with Gasteiger partial charge in [0.2, 0.25) is 11.8 Å². The number of ether oxygens (including phenoxy) is 2. The molecule has 1 N–H and O–H groups in total. The molecule has 0 aromatic carbocycles. The van der Waals surface area contributed by atoms with Gasteiger partial charge in [-0.3, -0.25) is 19.3 Å². The normalized spacial score (nSPS) is 20.6. The van der Waals surface area contributed by atoms with Gasteiger partial charge < -0.3 is 19.7 Å². The van der Waals surface area contributed by atoms with Crippen molar-refractivity contribution < 1.29 is 28.7 Å². The first-order chi connectivity index (χ1) is 17.5. The first-order valence-electron chi connectivity index (χ1n) is 13.0. The van der Waals surface area contributed by atoms with Crippen LogP contribution in [-0.2, 0) is 23.9 Å². The largest absolute Gasteiger partial charge is 0.464 e. The van der Waals surface area contributed by atoms with Crippen molar-refractivity contribution in [3.63, 3.8) is 0 Å². The minimum absolute atomic E-state index is 0.0343. The minimum atomic E-state index is -0.728. The molecule has 1 aliphatic carbocycles. The van der Waals surface area contributed by atoms with Crippen LogP contribution in [0.4, 0.5) is 0 Å². The van der Waals surface area contributed by atoms with Gasteiger partial charge in [0.1, 0.15) is 11.0 Å². The van der Waals surface area contributed by atoms with Crippen molar-refractivity contribution in [1.82, 2.24) is 20.1 Å². The van der Waals surface area contributed by atoms with Crippen molar-refractivity contribution in [2.75, 3.05) is 27.7 Å². The van der Waals surface area contributed by atoms with Gasteiger partial charge in [-0.2, -0.15) is 0 Å². The third kappa shape index (κ3) is 7.50. The number of carbonyl (C=O) groups is 4. The van der Waals surface area contributed by atoms with E-state index in [-0.39, 0.29) is 41.4 Å². The average molecular weight is 537 g/mol. The second-order valence-corrected chi connectivity index (χ2v) is 11.4. The summed E-state index contributed by atoms with van der Waals surface area (Å²) in [5.41, 5.74) is 0.148. The fourth-order valence-corrected chi connectivity index (χ4v) is 5.81. The van der Waals surface area contributed by atoms with Crippen molar-refractivity contribution in [3.05, 3.63) is 16.1 Å². The number of methoxy groups -OCH3 is 1. The van der Waals surface area contributed by atoms with Crippen LogP contribution >= 0.6 is 11.3 Å². The lowest BCUT2D eigenvalue weighted by atomic mass is 9.95. The monoisotopic (exact) mass is 536 g/mol. The molecule has 1 unspecified atom stereocenters. The number of hydrogen-bond acceptors (Lipinski definition) is 9. The van der Waals surface area contributed by atoms with E-state index in [4.69, 9.17) is 9.47 Å². The summed E-state index contributed by atoms with van der Waals surface area (Å²) >= 11 is 1.21. The number of nitrogens with zero attached hydrogens (tertiary/aromatic N) is 3. The van der Waals surface area contributed by atoms with E-state index in [1.54, 1.807) is 17.3 Å². The van der Waals surface area contributed by atoms with E-state index in [0.29, 0.717) is 11.4 Å². The first kappa shape index (κ1) is 29.0. The van der Waals surface area contributed by atoms with Crippen molar-refractivity contribution >= 4 is 35.1 Å². The quantitative estimate of drug-likeness (QED) is 0.429. The third-order valence-corrected chi connectivity index (χ3v) is 8.24. The molecular weight excluding hydrogens is 496 g/mol. The van der Waals surface area contributed by atoms with Gasteiger partial charge in [0.15, 0.2) is 11.8 Å². The van der Waals surface area contributed by atoms with E-state index in [1.807, 2.05) is 20.9 Å². The fraction of sp³-hybridized carbons (Fsp3) is 0.731. The molecule has 3 rings (SSSR count). The lowest BCUT2D eigenvalue weighted by Gasteiger charge is -2.37. The Kier molecular flexibility index (Phi) is 10.1. The third-order valence-electron chi connectivity index (χ3n) is 7.30. The maximum Gasteiger partial charge on any atom is 0.357 e. The molecular formula is C26H40N4O6S. The molecule has 2 heterocycles. The van der Waals surface area contributed by atoms with E-state index in [0.717, 1.165) is 38.6 Å². The summed E-state index contributed by atoms with van der Waals surface area (Å²) in [5.74, 6) is -1.10. The molecule has 11 heteroatoms. The minimum Gasteiger partial charge on any atom is -0.464 e. The topological polar surface area (TPSA) is 118 Å². The number of thiazole rings is 1. The Labute approximate surface area is 223 Å². The van der Waals surface area contributed by atoms with Gasteiger partial charge in [0.25, 0.3) is 0 Å². The highest BCUT2D eigenvalue weighted by Gasteiger charge is 2.42. The van der Waals surface area contributed by atoms with Crippen LogP contribution in [0, 0.1) is 11.8 Å². The molecule has 2 aliphatic rings. The summed E-state index contributed by atoms with van der Waals surface area (Å²) in [6, 6.07) is -1.08. The van der Waals surface area contributed by atoms with E-state index < -0.39 is 24.1 Å². The second kappa shape index (κ2) is 12.8. The highest BCUT2D eigenvalue weighted by molar-refractivity contribution is 7.09. The zero-order chi connectivity index (χ0) is 27.3. The maximum absolute atomic E-state index is 13.8. The molecule has 2 fully saturated rings. The van der Waals surface area contributed by atoms with Gasteiger partial charge in [-0.25, -0.2) is 9.78 Å². The molecule has 0 radical (unpaired) electrons. The number of hydrogen-bond donors (Lipinski definition) is 1. The van der Waals surface area contributed by atoms with Gasteiger partial charge in [0, 0.05) is 31.8 Å². The van der Waals surface area contributed by atoms with Crippen LogP contribution in [0.1, 0.15) is 80.9 Å². The molecule has 0 bridgehead atoms. The number of esters is 2. The van der Waals surface area contributed by atoms with Crippen LogP contribution < -0.4 is 5.32 Å². The van der Waals surface area contributed by atoms with Crippen molar-refractivity contribution in [2.24, 2.45) is 11.8 Å². The summed E-state index contributed by atoms with van der Waals surface area (Å²) < 4.78 is 10.3. The first-order valence-corrected chi connectivity index (χ1v) is 13.9. The SMILES string of the molecule is COC(=O)c1csc([C@@H](CC(C(C)C)N(C)C(=O)[C@@H](NC(=O)[C@H]2CCCCN2C)C2CC2)OC(C)=O)n1. The highest BCUT2D eigenvalue weighted by atomic mass is 32.1. The van der Waals surface area contributed by atoms with E-state index >= 15 is 0 Å². The zero-order valence-corrected chi connectivity index (χ0v) is 23.5. The lowest BCUT2D eigenvalue weighted by Crippen LogP contribution is -2.56. The molecule has 1 saturated heterocycles. The van der Waals surface area contributed by atoms with Crippen molar-refractivity contribution in [3.8, 4) is 0 Å². The smallest absolute Gasteiger partial charge is 0.357 e. The van der Waals surface area contributed by atoms with E-state index in [9.17, 15) is 19.2 Å². The fourth-order valence-electron chi connectivity index (χ4n) is 4.98. The number of aromatic nitrogens is 1. The molecule has 1 aromatic heterocycles. The number of carbonyl (C=O) groups excluding carboxylic acids is 4. The number of amides is 2. The van der Waals surface area contributed by atoms with Gasteiger partial charge in [-0.1, -0.05) is 20.3 Å². The number of likely N-dealkylation sites (N-methyl/N-ethyl adjacent to an activating group) is 2. The second-order valence-electron chi connectivity index (χ2n) is 10.5. The maximum atomic E-state index is 13.8. The molecule has 10 nitrogen and oxygen atoms in total. The summed E-state index contributed by atoms with van der Waals surface area (Å²) in [5, 5.41) is 5.11. The number of likely N-dealkylation sites (tertiary alicyclic amines) is 1. The summed E-state index contributed by atoms with van der Waals surface area (Å²) in [4.78, 5) is 58.8. The Morgan fingerprint density at radius 1 is 1.22 bits per heavy atom. The van der Waals surface area contributed by atoms with Crippen LogP contribution in [0.3, 0.4) is 0 Å². The van der Waals surface area contributed by atoms with Crippen LogP contribution in [-0.4, -0.2) is 84.4 Å². The van der Waals surface area contributed by atoms with Gasteiger partial charge in [-0.15, -0.1) is 11.3 Å². The van der Waals surface area contributed by atoms with Crippen LogP contribution in [0.25, 0.3) is 0 Å². The van der Waals surface area contributed by atoms with E-state index in [2.05, 4.69) is 15.2 Å². The summed E-state index contributed by atoms with van der Waals surface area (Å²) in [6.07, 6.45) is 4.27. The van der Waals surface area contributed by atoms with E-state index in [1.165, 1.54) is 25.4 Å². The molecule has 206 valence electrons. The standard InChI is InChI=1S/C26H40N4O6S/c1-15(2)20(13-21(36-16(3)31)24-27-18(14-37-24)26(34)35-6)30(5)25(33)22(17-10-11-17)28-23(32)19-9-7-8-12-29(19)4/h14-15,17,19-22H,7-13H2,1-6H3,(H,28,32)/t19-,20?,21-,22+/m1/s1. The summed E-state index contributed by atoms with van der Waals surface area (Å²) in [6.45, 7) is 6.20. The van der Waals surface area contributed by atoms with Crippen LogP contribution in [0.15, 0.2) is 5.38 Å². The lowest BCUT2D eigenvalue weighted by molar-refractivity contribution is -0.149. The molecule has 37 heavy (non-hydrogen) atoms. The molecule has 0 spiro atoms. The Balaban J connectivity index is 1.77. The average Bonchev–Trinajstić information content (AvgIpc) is 3.58. The molecule has 4 atom stereocenters. The van der Waals surface area contributed by atoms with Crippen molar-refractivity contribution in [2.45, 2.75) is 83.5 Å². The predicted molar refractivity (Wildman–Crippen MR) is 139 cm³/mol. The number of nitrogens with one attached hydrogen (secondary N) is 1. The predicted octanol–water partition coefficient (Wildman–Crippen LogP) is 2.79. The molecule has 1 aromatic rings. The van der Waals surface area contributed by atoms with Crippen LogP contribution in [0.2, 0.25) is 0 Å². The number of piperidine rings is 1. The Hall–Kier alpha value is -2.53. The summed E-state index contributed by atoms with van der Waals surface area (Å²) in [7, 11) is 4.98. The molecule has 1 aliphatic heterocycles. The zero-order valence-electron chi connectivity index (χ0n) is 22.7. The van der Waals surface area contributed by atoms with Gasteiger partial charge >= 0.3 is 11.9 Å². The number of rotatable bonds is 11. The molecule has 2 amide bonds.